The summed E-state index contributed by atoms with van der Waals surface area (Å²) in [5, 5.41) is 14.9. The third-order valence-electron chi connectivity index (χ3n) is 8.91. The van der Waals surface area contributed by atoms with Crippen LogP contribution in [0.5, 0.6) is 0 Å². The molecule has 0 aliphatic carbocycles. The number of hydrogen-bond acceptors (Lipinski definition) is 3. The van der Waals surface area contributed by atoms with Crippen LogP contribution in [0.2, 0.25) is 0 Å². The van der Waals surface area contributed by atoms with Crippen molar-refractivity contribution in [2.75, 3.05) is 0 Å². The molecule has 46 heavy (non-hydrogen) atoms. The number of fused-ring (bicyclic) bond motifs is 6. The molecule has 7 aromatic carbocycles. The Hall–Kier alpha value is -5.53. The highest BCUT2D eigenvalue weighted by Crippen LogP contribution is 2.48. The lowest BCUT2D eigenvalue weighted by Crippen LogP contribution is -1.94. The van der Waals surface area contributed by atoms with Crippen LogP contribution in [0.3, 0.4) is 0 Å². The van der Waals surface area contributed by atoms with Gasteiger partial charge in [0.05, 0.1) is 11.6 Å². The fraction of sp³-hybridized carbons (Fsp3) is 0. The minimum Gasteiger partial charge on any atom is -0.192 e. The average molecular weight is 620 g/mol. The third kappa shape index (κ3) is 4.35. The molecular formula is C43H25NS2. The maximum atomic E-state index is 9.78. The number of thiophene rings is 2. The van der Waals surface area contributed by atoms with Gasteiger partial charge in [0.25, 0.3) is 0 Å². The Labute approximate surface area is 274 Å². The lowest BCUT2D eigenvalue weighted by molar-refractivity contribution is 1.48. The number of rotatable bonds is 4. The Morgan fingerprint density at radius 1 is 0.391 bits per heavy atom. The summed E-state index contributed by atoms with van der Waals surface area (Å²) in [4.78, 5) is 0. The van der Waals surface area contributed by atoms with Gasteiger partial charge in [-0.15, -0.1) is 22.7 Å². The molecule has 0 unspecified atom stereocenters. The van der Waals surface area contributed by atoms with E-state index >= 15 is 0 Å². The molecule has 0 aliphatic heterocycles. The van der Waals surface area contributed by atoms with Crippen LogP contribution in [0.15, 0.2) is 152 Å². The maximum Gasteiger partial charge on any atom is 0.0991 e. The molecule has 0 saturated carbocycles. The summed E-state index contributed by atoms with van der Waals surface area (Å²) in [6.07, 6.45) is 0. The van der Waals surface area contributed by atoms with Crippen molar-refractivity contribution in [3.63, 3.8) is 0 Å². The number of benzene rings is 7. The van der Waals surface area contributed by atoms with Crippen molar-refractivity contribution in [3.05, 3.63) is 157 Å². The highest BCUT2D eigenvalue weighted by atomic mass is 32.1. The van der Waals surface area contributed by atoms with E-state index < -0.39 is 0 Å². The van der Waals surface area contributed by atoms with E-state index in [-0.39, 0.29) is 0 Å². The molecule has 2 heterocycles. The summed E-state index contributed by atoms with van der Waals surface area (Å²) in [7, 11) is 0. The van der Waals surface area contributed by atoms with E-state index in [1.807, 2.05) is 40.9 Å². The second kappa shape index (κ2) is 10.8. The molecule has 0 amide bonds. The Balaban J connectivity index is 1.43. The number of nitriles is 1. The van der Waals surface area contributed by atoms with E-state index in [1.165, 1.54) is 73.7 Å². The zero-order valence-electron chi connectivity index (χ0n) is 24.7. The van der Waals surface area contributed by atoms with Crippen LogP contribution in [0.25, 0.3) is 84.9 Å². The monoisotopic (exact) mass is 619 g/mol. The fourth-order valence-corrected chi connectivity index (χ4v) is 9.04. The van der Waals surface area contributed by atoms with Crippen LogP contribution >= 0.6 is 22.7 Å². The fourth-order valence-electron chi connectivity index (χ4n) is 6.83. The highest BCUT2D eigenvalue weighted by Gasteiger charge is 2.21. The SMILES string of the molecule is N#Cc1cccc(-c2cc(-c3ccc4sc5ccccc5c4c3)c(-c3ccccc3)c(-c3cccc4sc5ccccc5c34)c2)c1. The van der Waals surface area contributed by atoms with Crippen LogP contribution in [0.4, 0.5) is 0 Å². The molecule has 0 bridgehead atoms. The molecule has 2 aromatic heterocycles. The summed E-state index contributed by atoms with van der Waals surface area (Å²) in [5.41, 5.74) is 9.93. The van der Waals surface area contributed by atoms with Crippen molar-refractivity contribution in [1.29, 1.82) is 5.26 Å². The standard InChI is InChI=1S/C43H25NS2/c44-26-27-10-8-13-29(22-27)31-24-35(30-20-21-40-36(23-30)32-14-4-6-17-38(32)45-40)42(28-11-2-1-3-12-28)37(25-31)33-16-9-19-41-43(33)34-15-5-7-18-39(34)46-41/h1-25H. The van der Waals surface area contributed by atoms with E-state index in [1.54, 1.807) is 0 Å². The first kappa shape index (κ1) is 26.8. The Morgan fingerprint density at radius 3 is 1.89 bits per heavy atom. The molecule has 0 spiro atoms. The minimum atomic E-state index is 0.657. The second-order valence-corrected chi connectivity index (χ2v) is 13.8. The predicted octanol–water partition coefficient (Wildman–Crippen LogP) is 13.0. The minimum absolute atomic E-state index is 0.657. The van der Waals surface area contributed by atoms with Gasteiger partial charge in [-0.25, -0.2) is 0 Å². The molecule has 9 rings (SSSR count). The average Bonchev–Trinajstić information content (AvgIpc) is 3.69. The van der Waals surface area contributed by atoms with E-state index in [0.717, 1.165) is 11.1 Å². The van der Waals surface area contributed by atoms with Crippen molar-refractivity contribution in [3.8, 4) is 50.6 Å². The van der Waals surface area contributed by atoms with Crippen molar-refractivity contribution < 1.29 is 0 Å². The topological polar surface area (TPSA) is 23.8 Å². The summed E-state index contributed by atoms with van der Waals surface area (Å²) in [6, 6.07) is 56.8. The summed E-state index contributed by atoms with van der Waals surface area (Å²) in [6.45, 7) is 0. The highest BCUT2D eigenvalue weighted by molar-refractivity contribution is 7.26. The quantitative estimate of drug-likeness (QED) is 0.192. The van der Waals surface area contributed by atoms with Gasteiger partial charge in [0, 0.05) is 40.3 Å². The third-order valence-corrected chi connectivity index (χ3v) is 11.2. The number of hydrogen-bond donors (Lipinski definition) is 0. The van der Waals surface area contributed by atoms with Gasteiger partial charge in [-0.3, -0.25) is 0 Å². The normalized spacial score (nSPS) is 11.5. The summed E-state index contributed by atoms with van der Waals surface area (Å²) < 4.78 is 5.16. The van der Waals surface area contributed by atoms with Crippen molar-refractivity contribution in [2.45, 2.75) is 0 Å². The first-order valence-corrected chi connectivity index (χ1v) is 16.9. The van der Waals surface area contributed by atoms with Crippen LogP contribution in [-0.4, -0.2) is 0 Å². The van der Waals surface area contributed by atoms with Gasteiger partial charge in [-0.05, 0) is 99.1 Å². The molecule has 214 valence electrons. The van der Waals surface area contributed by atoms with Gasteiger partial charge in [-0.1, -0.05) is 97.1 Å². The van der Waals surface area contributed by atoms with Crippen LogP contribution in [-0.2, 0) is 0 Å². The summed E-state index contributed by atoms with van der Waals surface area (Å²) in [5.74, 6) is 0. The lowest BCUT2D eigenvalue weighted by Gasteiger charge is -2.20. The first-order valence-electron chi connectivity index (χ1n) is 15.3. The van der Waals surface area contributed by atoms with E-state index in [4.69, 9.17) is 0 Å². The van der Waals surface area contributed by atoms with Gasteiger partial charge in [0.15, 0.2) is 0 Å². The molecule has 1 nitrogen and oxygen atoms in total. The predicted molar refractivity (Wildman–Crippen MR) is 199 cm³/mol. The first-order chi connectivity index (χ1) is 22.7. The Kier molecular flexibility index (Phi) is 6.31. The lowest BCUT2D eigenvalue weighted by atomic mass is 9.83. The van der Waals surface area contributed by atoms with Gasteiger partial charge in [0.2, 0.25) is 0 Å². The van der Waals surface area contributed by atoms with Crippen molar-refractivity contribution >= 4 is 63.0 Å². The number of nitrogens with zero attached hydrogens (tertiary/aromatic N) is 1. The molecule has 0 saturated heterocycles. The van der Waals surface area contributed by atoms with Gasteiger partial charge in [-0.2, -0.15) is 5.26 Å². The van der Waals surface area contributed by atoms with E-state index in [9.17, 15) is 5.26 Å². The molecule has 0 radical (unpaired) electrons. The molecule has 0 fully saturated rings. The molecular weight excluding hydrogens is 595 g/mol. The molecule has 0 atom stereocenters. The maximum absolute atomic E-state index is 9.78. The molecule has 0 N–H and O–H groups in total. The molecule has 9 aromatic rings. The van der Waals surface area contributed by atoms with Gasteiger partial charge < -0.3 is 0 Å². The van der Waals surface area contributed by atoms with Crippen LogP contribution in [0, 0.1) is 11.3 Å². The zero-order chi connectivity index (χ0) is 30.6. The molecule has 3 heteroatoms. The van der Waals surface area contributed by atoms with Crippen molar-refractivity contribution in [2.24, 2.45) is 0 Å². The van der Waals surface area contributed by atoms with E-state index in [2.05, 4.69) is 140 Å². The summed E-state index contributed by atoms with van der Waals surface area (Å²) >= 11 is 3.69. The zero-order valence-corrected chi connectivity index (χ0v) is 26.3. The van der Waals surface area contributed by atoms with Crippen LogP contribution in [0.1, 0.15) is 5.56 Å². The Morgan fingerprint density at radius 2 is 1.04 bits per heavy atom. The smallest absolute Gasteiger partial charge is 0.0991 e. The van der Waals surface area contributed by atoms with Crippen LogP contribution < -0.4 is 0 Å². The van der Waals surface area contributed by atoms with Gasteiger partial charge in [0.1, 0.15) is 0 Å². The Bertz CT molecular complexity index is 2650. The van der Waals surface area contributed by atoms with Crippen molar-refractivity contribution in [1.82, 2.24) is 0 Å². The second-order valence-electron chi connectivity index (χ2n) is 11.6. The van der Waals surface area contributed by atoms with Gasteiger partial charge >= 0.3 is 0 Å². The van der Waals surface area contributed by atoms with E-state index in [0.29, 0.717) is 5.56 Å². The molecule has 0 aliphatic rings. The largest absolute Gasteiger partial charge is 0.192 e.